The minimum absolute atomic E-state index is 0.0177. The number of ether oxygens (including phenoxy) is 1. The highest BCUT2D eigenvalue weighted by Gasteiger charge is 2.31. The normalized spacial score (nSPS) is 20.6. The van der Waals surface area contributed by atoms with Crippen molar-refractivity contribution in [2.24, 2.45) is 0 Å². The average Bonchev–Trinajstić information content (AvgIpc) is 2.47. The van der Waals surface area contributed by atoms with Crippen LogP contribution < -0.4 is 5.32 Å². The maximum atomic E-state index is 12.8. The zero-order valence-corrected chi connectivity index (χ0v) is 14.7. The highest BCUT2D eigenvalue weighted by molar-refractivity contribution is 9.10. The largest absolute Gasteiger partial charge is 0.375 e. The van der Waals surface area contributed by atoms with Crippen molar-refractivity contribution in [3.8, 4) is 0 Å². The van der Waals surface area contributed by atoms with Crippen LogP contribution in [0.25, 0.3) is 0 Å². The van der Waals surface area contributed by atoms with E-state index in [2.05, 4.69) is 21.2 Å². The van der Waals surface area contributed by atoms with Crippen LogP contribution in [0.5, 0.6) is 0 Å². The van der Waals surface area contributed by atoms with E-state index in [9.17, 15) is 8.42 Å². The number of nitrogens with one attached hydrogen (secondary N) is 1. The lowest BCUT2D eigenvalue weighted by Crippen LogP contribution is -2.45. The van der Waals surface area contributed by atoms with Gasteiger partial charge in [0.15, 0.2) is 0 Å². The zero-order valence-electron chi connectivity index (χ0n) is 12.3. The van der Waals surface area contributed by atoms with Crippen molar-refractivity contribution in [3.05, 3.63) is 28.2 Å². The SMILES string of the molecule is CCC1CN(S(=O)(=O)c2ccc(CNC)cc2Br)CCO1. The molecule has 1 saturated heterocycles. The quantitative estimate of drug-likeness (QED) is 0.853. The van der Waals surface area contributed by atoms with Crippen LogP contribution in [0.4, 0.5) is 0 Å². The van der Waals surface area contributed by atoms with Crippen LogP contribution in [-0.2, 0) is 21.3 Å². The predicted octanol–water partition coefficient (Wildman–Crippen LogP) is 1.97. The molecule has 1 aromatic carbocycles. The van der Waals surface area contributed by atoms with E-state index in [-0.39, 0.29) is 6.10 Å². The summed E-state index contributed by atoms with van der Waals surface area (Å²) in [6.07, 6.45) is 0.796. The number of morpholine rings is 1. The van der Waals surface area contributed by atoms with Gasteiger partial charge in [0.1, 0.15) is 0 Å². The van der Waals surface area contributed by atoms with E-state index in [4.69, 9.17) is 4.74 Å². The summed E-state index contributed by atoms with van der Waals surface area (Å²) in [4.78, 5) is 0.319. The first kappa shape index (κ1) is 16.9. The van der Waals surface area contributed by atoms with Crippen molar-refractivity contribution in [2.45, 2.75) is 30.9 Å². The molecule has 1 aliphatic heterocycles. The Labute approximate surface area is 134 Å². The summed E-state index contributed by atoms with van der Waals surface area (Å²) < 4.78 is 33.2. The van der Waals surface area contributed by atoms with Gasteiger partial charge in [-0.05, 0) is 47.1 Å². The molecule has 118 valence electrons. The smallest absolute Gasteiger partial charge is 0.244 e. The number of hydrogen-bond donors (Lipinski definition) is 1. The Morgan fingerprint density at radius 1 is 1.48 bits per heavy atom. The van der Waals surface area contributed by atoms with Gasteiger partial charge in [0, 0.05) is 24.1 Å². The highest BCUT2D eigenvalue weighted by Crippen LogP contribution is 2.27. The zero-order chi connectivity index (χ0) is 15.5. The van der Waals surface area contributed by atoms with Crippen LogP contribution in [0.3, 0.4) is 0 Å². The highest BCUT2D eigenvalue weighted by atomic mass is 79.9. The third-order valence-electron chi connectivity index (χ3n) is 3.55. The first-order valence-corrected chi connectivity index (χ1v) is 9.27. The van der Waals surface area contributed by atoms with Crippen LogP contribution in [0.15, 0.2) is 27.6 Å². The van der Waals surface area contributed by atoms with E-state index >= 15 is 0 Å². The summed E-state index contributed by atoms with van der Waals surface area (Å²) in [6.45, 7) is 3.98. The van der Waals surface area contributed by atoms with E-state index in [0.717, 1.165) is 12.0 Å². The molecular formula is C14H21BrN2O3S. The number of hydrogen-bond acceptors (Lipinski definition) is 4. The van der Waals surface area contributed by atoms with Crippen molar-refractivity contribution in [2.75, 3.05) is 26.7 Å². The number of sulfonamides is 1. The molecule has 1 N–H and O–H groups in total. The van der Waals surface area contributed by atoms with Gasteiger partial charge in [-0.3, -0.25) is 0 Å². The Hall–Kier alpha value is -0.470. The second-order valence-electron chi connectivity index (χ2n) is 5.06. The van der Waals surface area contributed by atoms with E-state index in [1.165, 1.54) is 4.31 Å². The minimum atomic E-state index is -3.48. The van der Waals surface area contributed by atoms with Gasteiger partial charge in [-0.1, -0.05) is 13.0 Å². The van der Waals surface area contributed by atoms with E-state index in [1.807, 2.05) is 26.1 Å². The third-order valence-corrected chi connectivity index (χ3v) is 6.39. The minimum Gasteiger partial charge on any atom is -0.375 e. The van der Waals surface area contributed by atoms with E-state index in [0.29, 0.717) is 35.6 Å². The fourth-order valence-electron chi connectivity index (χ4n) is 2.36. The fraction of sp³-hybridized carbons (Fsp3) is 0.571. The molecule has 0 spiro atoms. The Morgan fingerprint density at radius 2 is 2.24 bits per heavy atom. The molecule has 0 aliphatic carbocycles. The molecule has 1 aliphatic rings. The maximum Gasteiger partial charge on any atom is 0.244 e. The lowest BCUT2D eigenvalue weighted by atomic mass is 10.2. The molecule has 1 aromatic rings. The van der Waals surface area contributed by atoms with Gasteiger partial charge in [-0.15, -0.1) is 0 Å². The summed E-state index contributed by atoms with van der Waals surface area (Å²) in [5.74, 6) is 0. The van der Waals surface area contributed by atoms with Gasteiger partial charge in [-0.25, -0.2) is 8.42 Å². The number of benzene rings is 1. The predicted molar refractivity (Wildman–Crippen MR) is 85.7 cm³/mol. The standard InChI is InChI=1S/C14H21BrN2O3S/c1-3-12-10-17(6-7-20-12)21(18,19)14-5-4-11(9-16-2)8-13(14)15/h4-5,8,12,16H,3,6-7,9-10H2,1-2H3. The van der Waals surface area contributed by atoms with Gasteiger partial charge in [0.2, 0.25) is 10.0 Å². The molecule has 1 atom stereocenters. The van der Waals surface area contributed by atoms with Crippen molar-refractivity contribution >= 4 is 26.0 Å². The lowest BCUT2D eigenvalue weighted by Gasteiger charge is -2.31. The maximum absolute atomic E-state index is 12.8. The molecule has 1 heterocycles. The summed E-state index contributed by atoms with van der Waals surface area (Å²) >= 11 is 3.39. The van der Waals surface area contributed by atoms with Crippen molar-refractivity contribution in [1.82, 2.24) is 9.62 Å². The second-order valence-corrected chi connectivity index (χ2v) is 7.82. The van der Waals surface area contributed by atoms with Crippen LogP contribution in [0, 0.1) is 0 Å². The van der Waals surface area contributed by atoms with Crippen LogP contribution in [0.1, 0.15) is 18.9 Å². The molecule has 7 heteroatoms. The molecule has 2 rings (SSSR count). The summed E-state index contributed by atoms with van der Waals surface area (Å²) in [7, 11) is -1.62. The number of halogens is 1. The Kier molecular flexibility index (Phi) is 5.79. The van der Waals surface area contributed by atoms with Crippen molar-refractivity contribution in [3.63, 3.8) is 0 Å². The van der Waals surface area contributed by atoms with Crippen LogP contribution >= 0.6 is 15.9 Å². The first-order valence-electron chi connectivity index (χ1n) is 7.03. The molecule has 1 fully saturated rings. The van der Waals surface area contributed by atoms with Crippen LogP contribution in [-0.4, -0.2) is 45.6 Å². The van der Waals surface area contributed by atoms with Gasteiger partial charge in [-0.2, -0.15) is 4.31 Å². The monoisotopic (exact) mass is 376 g/mol. The van der Waals surface area contributed by atoms with E-state index < -0.39 is 10.0 Å². The molecule has 0 bridgehead atoms. The Morgan fingerprint density at radius 3 is 2.86 bits per heavy atom. The third kappa shape index (κ3) is 3.84. The van der Waals surface area contributed by atoms with Gasteiger partial charge in [0.05, 0.1) is 17.6 Å². The van der Waals surface area contributed by atoms with Gasteiger partial charge < -0.3 is 10.1 Å². The number of nitrogens with zero attached hydrogens (tertiary/aromatic N) is 1. The van der Waals surface area contributed by atoms with Crippen molar-refractivity contribution in [1.29, 1.82) is 0 Å². The number of rotatable bonds is 5. The molecule has 0 amide bonds. The summed E-state index contributed by atoms with van der Waals surface area (Å²) in [5, 5.41) is 3.05. The Balaban J connectivity index is 2.26. The fourth-order valence-corrected chi connectivity index (χ4v) is 4.91. The summed E-state index contributed by atoms with van der Waals surface area (Å²) in [6, 6.07) is 5.36. The second kappa shape index (κ2) is 7.19. The van der Waals surface area contributed by atoms with Gasteiger partial charge in [0.25, 0.3) is 0 Å². The molecular weight excluding hydrogens is 356 g/mol. The first-order chi connectivity index (χ1) is 9.98. The molecule has 0 aromatic heterocycles. The van der Waals surface area contributed by atoms with Gasteiger partial charge >= 0.3 is 0 Å². The molecule has 0 radical (unpaired) electrons. The van der Waals surface area contributed by atoms with E-state index in [1.54, 1.807) is 6.07 Å². The molecule has 21 heavy (non-hydrogen) atoms. The summed E-state index contributed by atoms with van der Waals surface area (Å²) in [5.41, 5.74) is 1.04. The van der Waals surface area contributed by atoms with Crippen LogP contribution in [0.2, 0.25) is 0 Å². The lowest BCUT2D eigenvalue weighted by molar-refractivity contribution is -0.00279. The van der Waals surface area contributed by atoms with Crippen molar-refractivity contribution < 1.29 is 13.2 Å². The Bertz CT molecular complexity index is 592. The molecule has 5 nitrogen and oxygen atoms in total. The molecule has 0 saturated carbocycles. The molecule has 1 unspecified atom stereocenters. The topological polar surface area (TPSA) is 58.6 Å². The average molecular weight is 377 g/mol.